The van der Waals surface area contributed by atoms with Crippen molar-refractivity contribution in [2.45, 2.75) is 6.92 Å². The first-order valence-corrected chi connectivity index (χ1v) is 8.42. The van der Waals surface area contributed by atoms with Crippen molar-refractivity contribution in [3.8, 4) is 0 Å². The molecule has 0 aliphatic carbocycles. The Morgan fingerprint density at radius 2 is 1.30 bits per heavy atom. The molecule has 5 nitrogen and oxygen atoms in total. The molecule has 0 radical (unpaired) electrons. The number of nitrogen functional groups attached to an aromatic ring is 1. The summed E-state index contributed by atoms with van der Waals surface area (Å²) in [5, 5.41) is 2.67. The Hall–Kier alpha value is -1.41. The van der Waals surface area contributed by atoms with Crippen LogP contribution in [0.1, 0.15) is 6.92 Å². The van der Waals surface area contributed by atoms with Gasteiger partial charge in [0, 0.05) is 40.3 Å². The molecule has 0 saturated heterocycles. The third kappa shape index (κ3) is 12.8. The fraction of sp³-hybridized carbons (Fsp3) is 0.188. The van der Waals surface area contributed by atoms with E-state index >= 15 is 0 Å². The maximum atomic E-state index is 10.6. The van der Waals surface area contributed by atoms with Crippen molar-refractivity contribution in [1.82, 2.24) is 0 Å². The van der Waals surface area contributed by atoms with Crippen molar-refractivity contribution < 1.29 is 4.79 Å². The zero-order valence-corrected chi connectivity index (χ0v) is 16.1. The van der Waals surface area contributed by atoms with Crippen molar-refractivity contribution in [2.24, 2.45) is 11.5 Å². The van der Waals surface area contributed by atoms with Gasteiger partial charge < -0.3 is 22.5 Å². The SMILES string of the molecule is CC(=O)Nc1ccc(Br)cc1.NCCN.Nc1ccc(Br)cc1. The van der Waals surface area contributed by atoms with E-state index in [1.165, 1.54) is 6.92 Å². The molecule has 0 aliphatic rings. The Labute approximate surface area is 153 Å². The Morgan fingerprint density at radius 1 is 0.913 bits per heavy atom. The predicted octanol–water partition coefficient (Wildman–Crippen LogP) is 3.34. The molecular formula is C16H22Br2N4O. The Bertz CT molecular complexity index is 536. The number of hydrogen-bond acceptors (Lipinski definition) is 4. The van der Waals surface area contributed by atoms with Gasteiger partial charge in [-0.3, -0.25) is 4.79 Å². The highest BCUT2D eigenvalue weighted by molar-refractivity contribution is 9.10. The van der Waals surface area contributed by atoms with Gasteiger partial charge in [-0.05, 0) is 48.5 Å². The molecule has 0 atom stereocenters. The monoisotopic (exact) mass is 444 g/mol. The van der Waals surface area contributed by atoms with E-state index in [-0.39, 0.29) is 5.91 Å². The Balaban J connectivity index is 0.000000354. The summed E-state index contributed by atoms with van der Waals surface area (Å²) >= 11 is 6.59. The molecular weight excluding hydrogens is 424 g/mol. The molecule has 0 heterocycles. The lowest BCUT2D eigenvalue weighted by molar-refractivity contribution is -0.114. The van der Waals surface area contributed by atoms with Crippen LogP contribution in [0.15, 0.2) is 57.5 Å². The molecule has 1 amide bonds. The number of rotatable bonds is 2. The smallest absolute Gasteiger partial charge is 0.221 e. The molecule has 0 bridgehead atoms. The summed E-state index contributed by atoms with van der Waals surface area (Å²) in [6.45, 7) is 2.68. The standard InChI is InChI=1S/C8H8BrNO.C6H6BrN.C2H8N2/c1-6(11)10-8-4-2-7(9)3-5-8;7-5-1-3-6(8)4-2-5;3-1-2-4/h2-5H,1H3,(H,10,11);1-4H,8H2;1-4H2. The van der Waals surface area contributed by atoms with Crippen molar-refractivity contribution in [3.05, 3.63) is 57.5 Å². The average Bonchev–Trinajstić information content (AvgIpc) is 2.53. The summed E-state index contributed by atoms with van der Waals surface area (Å²) < 4.78 is 2.07. The summed E-state index contributed by atoms with van der Waals surface area (Å²) in [4.78, 5) is 10.6. The minimum absolute atomic E-state index is 0.0488. The molecule has 0 fully saturated rings. The van der Waals surface area contributed by atoms with E-state index in [0.29, 0.717) is 13.1 Å². The highest BCUT2D eigenvalue weighted by Gasteiger charge is 1.92. The molecule has 2 aromatic carbocycles. The van der Waals surface area contributed by atoms with Crippen molar-refractivity contribution in [3.63, 3.8) is 0 Å². The fourth-order valence-corrected chi connectivity index (χ4v) is 1.73. The van der Waals surface area contributed by atoms with Crippen molar-refractivity contribution >= 4 is 49.1 Å². The summed E-state index contributed by atoms with van der Waals surface area (Å²) in [6.07, 6.45) is 0. The first-order valence-electron chi connectivity index (χ1n) is 6.83. The van der Waals surface area contributed by atoms with E-state index in [2.05, 4.69) is 37.2 Å². The van der Waals surface area contributed by atoms with Gasteiger partial charge in [-0.1, -0.05) is 31.9 Å². The lowest BCUT2D eigenvalue weighted by Gasteiger charge is -1.99. The fourth-order valence-electron chi connectivity index (χ4n) is 1.20. The number of halogens is 2. The van der Waals surface area contributed by atoms with Gasteiger partial charge in [0.2, 0.25) is 5.91 Å². The zero-order chi connectivity index (χ0) is 17.7. The van der Waals surface area contributed by atoms with Crippen LogP contribution in [0.2, 0.25) is 0 Å². The molecule has 7 N–H and O–H groups in total. The van der Waals surface area contributed by atoms with E-state index in [4.69, 9.17) is 17.2 Å². The molecule has 7 heteroatoms. The van der Waals surface area contributed by atoms with Gasteiger partial charge in [-0.25, -0.2) is 0 Å². The van der Waals surface area contributed by atoms with Crippen LogP contribution in [0.5, 0.6) is 0 Å². The molecule has 126 valence electrons. The molecule has 0 saturated carbocycles. The Morgan fingerprint density at radius 3 is 1.61 bits per heavy atom. The first-order chi connectivity index (χ1) is 10.9. The highest BCUT2D eigenvalue weighted by Crippen LogP contribution is 2.13. The number of nitrogens with two attached hydrogens (primary N) is 3. The van der Waals surface area contributed by atoms with E-state index in [1.54, 1.807) is 0 Å². The predicted molar refractivity (Wildman–Crippen MR) is 105 cm³/mol. The molecule has 2 rings (SSSR count). The molecule has 0 unspecified atom stereocenters. The van der Waals surface area contributed by atoms with Crippen LogP contribution in [0.25, 0.3) is 0 Å². The van der Waals surface area contributed by atoms with E-state index in [9.17, 15) is 4.79 Å². The third-order valence-electron chi connectivity index (χ3n) is 2.20. The van der Waals surface area contributed by atoms with E-state index in [1.807, 2.05) is 48.5 Å². The topological polar surface area (TPSA) is 107 Å². The number of carbonyl (C=O) groups is 1. The molecule has 0 aliphatic heterocycles. The van der Waals surface area contributed by atoms with Crippen LogP contribution >= 0.6 is 31.9 Å². The van der Waals surface area contributed by atoms with Crippen LogP contribution in [0, 0.1) is 0 Å². The summed E-state index contributed by atoms with van der Waals surface area (Å²) in [5.41, 5.74) is 16.8. The van der Waals surface area contributed by atoms with Crippen molar-refractivity contribution in [1.29, 1.82) is 0 Å². The lowest BCUT2D eigenvalue weighted by atomic mass is 10.3. The first kappa shape index (κ1) is 21.6. The van der Waals surface area contributed by atoms with Crippen LogP contribution in [-0.4, -0.2) is 19.0 Å². The minimum atomic E-state index is -0.0488. The number of hydrogen-bond donors (Lipinski definition) is 4. The molecule has 0 spiro atoms. The van der Waals surface area contributed by atoms with Gasteiger partial charge in [0.25, 0.3) is 0 Å². The van der Waals surface area contributed by atoms with Crippen LogP contribution in [0.4, 0.5) is 11.4 Å². The van der Waals surface area contributed by atoms with E-state index in [0.717, 1.165) is 20.3 Å². The third-order valence-corrected chi connectivity index (χ3v) is 3.26. The Kier molecular flexibility index (Phi) is 12.3. The molecule has 23 heavy (non-hydrogen) atoms. The second kappa shape index (κ2) is 13.1. The molecule has 2 aromatic rings. The highest BCUT2D eigenvalue weighted by atomic mass is 79.9. The van der Waals surface area contributed by atoms with Crippen LogP contribution < -0.4 is 22.5 Å². The lowest BCUT2D eigenvalue weighted by Crippen LogP contribution is -2.11. The molecule has 0 aromatic heterocycles. The minimum Gasteiger partial charge on any atom is -0.399 e. The maximum absolute atomic E-state index is 10.6. The number of amides is 1. The maximum Gasteiger partial charge on any atom is 0.221 e. The normalized spacial score (nSPS) is 8.91. The van der Waals surface area contributed by atoms with Crippen molar-refractivity contribution in [2.75, 3.05) is 24.1 Å². The number of carbonyl (C=O) groups excluding carboxylic acids is 1. The van der Waals surface area contributed by atoms with Gasteiger partial charge in [-0.15, -0.1) is 0 Å². The summed E-state index contributed by atoms with van der Waals surface area (Å²) in [7, 11) is 0. The van der Waals surface area contributed by atoms with Crippen LogP contribution in [-0.2, 0) is 4.79 Å². The average molecular weight is 446 g/mol. The summed E-state index contributed by atoms with van der Waals surface area (Å²) in [5.74, 6) is -0.0488. The second-order valence-corrected chi connectivity index (χ2v) is 6.15. The summed E-state index contributed by atoms with van der Waals surface area (Å²) in [6, 6.07) is 15.0. The van der Waals surface area contributed by atoms with Gasteiger partial charge in [0.05, 0.1) is 0 Å². The van der Waals surface area contributed by atoms with E-state index < -0.39 is 0 Å². The van der Waals surface area contributed by atoms with Gasteiger partial charge in [0.1, 0.15) is 0 Å². The largest absolute Gasteiger partial charge is 0.399 e. The van der Waals surface area contributed by atoms with Gasteiger partial charge in [-0.2, -0.15) is 0 Å². The second-order valence-electron chi connectivity index (χ2n) is 4.32. The number of nitrogens with one attached hydrogen (secondary N) is 1. The quantitative estimate of drug-likeness (QED) is 0.531. The number of anilines is 2. The van der Waals surface area contributed by atoms with Gasteiger partial charge in [0.15, 0.2) is 0 Å². The van der Waals surface area contributed by atoms with Gasteiger partial charge >= 0.3 is 0 Å². The zero-order valence-electron chi connectivity index (χ0n) is 12.9. The number of benzene rings is 2. The van der Waals surface area contributed by atoms with Crippen LogP contribution in [0.3, 0.4) is 0 Å².